The van der Waals surface area contributed by atoms with Gasteiger partial charge in [-0.15, -0.1) is 0 Å². The Bertz CT molecular complexity index is 333. The van der Waals surface area contributed by atoms with Crippen molar-refractivity contribution in [2.75, 3.05) is 12.3 Å². The van der Waals surface area contributed by atoms with Gasteiger partial charge in [-0.3, -0.25) is 0 Å². The summed E-state index contributed by atoms with van der Waals surface area (Å²) in [6.45, 7) is 7.34. The average molecular weight is 290 g/mol. The van der Waals surface area contributed by atoms with E-state index in [0.29, 0.717) is 6.04 Å². The molecule has 5 heteroatoms. The summed E-state index contributed by atoms with van der Waals surface area (Å²) in [6.07, 6.45) is 5.93. The van der Waals surface area contributed by atoms with Crippen molar-refractivity contribution in [1.29, 1.82) is 0 Å². The van der Waals surface area contributed by atoms with Crippen LogP contribution in [-0.2, 0) is 10.0 Å². The average Bonchev–Trinajstić information content (AvgIpc) is 2.31. The van der Waals surface area contributed by atoms with Gasteiger partial charge in [0.2, 0.25) is 10.0 Å². The van der Waals surface area contributed by atoms with Gasteiger partial charge in [-0.05, 0) is 51.0 Å². The van der Waals surface area contributed by atoms with Gasteiger partial charge in [-0.25, -0.2) is 13.1 Å². The van der Waals surface area contributed by atoms with Gasteiger partial charge >= 0.3 is 0 Å². The molecule has 1 rings (SSSR count). The van der Waals surface area contributed by atoms with E-state index in [4.69, 9.17) is 0 Å². The van der Waals surface area contributed by atoms with Crippen LogP contribution in [0.3, 0.4) is 0 Å². The molecule has 0 aliphatic heterocycles. The van der Waals surface area contributed by atoms with E-state index in [1.807, 2.05) is 0 Å². The van der Waals surface area contributed by atoms with Crippen LogP contribution in [0.25, 0.3) is 0 Å². The fourth-order valence-corrected chi connectivity index (χ4v) is 3.94. The fraction of sp³-hybridized carbons (Fsp3) is 1.00. The monoisotopic (exact) mass is 290 g/mol. The summed E-state index contributed by atoms with van der Waals surface area (Å²) in [7, 11) is -3.08. The largest absolute Gasteiger partial charge is 0.315 e. The number of rotatable bonds is 8. The highest BCUT2D eigenvalue weighted by Gasteiger charge is 2.22. The van der Waals surface area contributed by atoms with Crippen LogP contribution in [0.5, 0.6) is 0 Å². The smallest absolute Gasteiger partial charge is 0.211 e. The highest BCUT2D eigenvalue weighted by Crippen LogP contribution is 2.23. The maximum atomic E-state index is 11.9. The molecular formula is C14H30N2O2S. The van der Waals surface area contributed by atoms with Crippen molar-refractivity contribution in [2.24, 2.45) is 5.92 Å². The second-order valence-electron chi connectivity index (χ2n) is 6.21. The summed E-state index contributed by atoms with van der Waals surface area (Å²) in [6, 6.07) is 0.647. The number of hydrogen-bond donors (Lipinski definition) is 2. The summed E-state index contributed by atoms with van der Waals surface area (Å²) >= 11 is 0. The zero-order valence-electron chi connectivity index (χ0n) is 12.6. The molecule has 2 N–H and O–H groups in total. The molecule has 0 bridgehead atoms. The van der Waals surface area contributed by atoms with Crippen molar-refractivity contribution in [2.45, 2.75) is 71.4 Å². The van der Waals surface area contributed by atoms with Crippen LogP contribution >= 0.6 is 0 Å². The zero-order chi connectivity index (χ0) is 14.3. The van der Waals surface area contributed by atoms with Gasteiger partial charge in [0.25, 0.3) is 0 Å². The van der Waals surface area contributed by atoms with Crippen molar-refractivity contribution in [3.8, 4) is 0 Å². The molecule has 1 fully saturated rings. The zero-order valence-corrected chi connectivity index (χ0v) is 13.4. The van der Waals surface area contributed by atoms with Crippen LogP contribution < -0.4 is 10.0 Å². The molecule has 1 aliphatic rings. The minimum Gasteiger partial charge on any atom is -0.315 e. The quantitative estimate of drug-likeness (QED) is 0.674. The van der Waals surface area contributed by atoms with Crippen molar-refractivity contribution >= 4 is 10.0 Å². The first-order valence-electron chi connectivity index (χ1n) is 7.62. The molecule has 1 aliphatic carbocycles. The fourth-order valence-electron chi connectivity index (χ4n) is 2.50. The van der Waals surface area contributed by atoms with E-state index in [-0.39, 0.29) is 11.8 Å². The molecule has 4 nitrogen and oxygen atoms in total. The van der Waals surface area contributed by atoms with Crippen molar-refractivity contribution in [3.63, 3.8) is 0 Å². The van der Waals surface area contributed by atoms with Crippen LogP contribution in [0.4, 0.5) is 0 Å². The molecule has 0 unspecified atom stereocenters. The number of sulfonamides is 1. The third-order valence-electron chi connectivity index (χ3n) is 3.75. The Kier molecular flexibility index (Phi) is 7.32. The van der Waals surface area contributed by atoms with Gasteiger partial charge in [0.1, 0.15) is 0 Å². The lowest BCUT2D eigenvalue weighted by Gasteiger charge is -2.26. The van der Waals surface area contributed by atoms with Crippen molar-refractivity contribution < 1.29 is 8.42 Å². The van der Waals surface area contributed by atoms with E-state index in [0.717, 1.165) is 51.0 Å². The number of nitrogens with one attached hydrogen (secondary N) is 2. The molecule has 0 saturated heterocycles. The minimum absolute atomic E-state index is 0.176. The molecule has 0 radical (unpaired) electrons. The molecular weight excluding hydrogens is 260 g/mol. The summed E-state index contributed by atoms with van der Waals surface area (Å²) in [5.41, 5.74) is 0. The lowest BCUT2D eigenvalue weighted by atomic mass is 9.88. The van der Waals surface area contributed by atoms with Crippen molar-refractivity contribution in [1.82, 2.24) is 10.0 Å². The number of unbranched alkanes of at least 4 members (excludes halogenated alkanes) is 1. The molecule has 0 heterocycles. The van der Waals surface area contributed by atoms with Gasteiger partial charge in [0.15, 0.2) is 0 Å². The van der Waals surface area contributed by atoms with Crippen molar-refractivity contribution in [3.05, 3.63) is 0 Å². The molecule has 0 aromatic rings. The molecule has 114 valence electrons. The summed E-state index contributed by atoms with van der Waals surface area (Å²) in [5, 5.41) is 3.30. The topological polar surface area (TPSA) is 58.2 Å². The number of hydrogen-bond acceptors (Lipinski definition) is 3. The van der Waals surface area contributed by atoms with E-state index in [1.54, 1.807) is 0 Å². The highest BCUT2D eigenvalue weighted by molar-refractivity contribution is 7.89. The van der Waals surface area contributed by atoms with Gasteiger partial charge in [0, 0.05) is 12.1 Å². The lowest BCUT2D eigenvalue weighted by Crippen LogP contribution is -2.38. The Labute approximate surface area is 118 Å². The molecule has 0 aromatic heterocycles. The minimum atomic E-state index is -3.08. The third kappa shape index (κ3) is 7.90. The maximum absolute atomic E-state index is 11.9. The van der Waals surface area contributed by atoms with E-state index in [2.05, 4.69) is 30.8 Å². The van der Waals surface area contributed by atoms with E-state index >= 15 is 0 Å². The van der Waals surface area contributed by atoms with Crippen LogP contribution in [0.2, 0.25) is 0 Å². The molecule has 0 amide bonds. The Morgan fingerprint density at radius 3 is 2.32 bits per heavy atom. The van der Waals surface area contributed by atoms with Crippen LogP contribution in [0.1, 0.15) is 59.3 Å². The normalized spacial score (nSPS) is 24.8. The Hall–Kier alpha value is -0.130. The standard InChI is InChI=1S/C14H30N2O2S/c1-12(2)15-10-4-5-11-19(17,18)16-14-8-6-13(3)7-9-14/h12-16H,4-11H2,1-3H3. The van der Waals surface area contributed by atoms with Crippen LogP contribution in [-0.4, -0.2) is 32.8 Å². The first kappa shape index (κ1) is 16.9. The Morgan fingerprint density at radius 1 is 1.11 bits per heavy atom. The summed E-state index contributed by atoms with van der Waals surface area (Å²) < 4.78 is 26.8. The molecule has 19 heavy (non-hydrogen) atoms. The highest BCUT2D eigenvalue weighted by atomic mass is 32.2. The second-order valence-corrected chi connectivity index (χ2v) is 8.08. The Balaban J connectivity index is 2.17. The second kappa shape index (κ2) is 8.22. The maximum Gasteiger partial charge on any atom is 0.211 e. The first-order chi connectivity index (χ1) is 8.89. The molecule has 0 spiro atoms. The van der Waals surface area contributed by atoms with E-state index in [1.165, 1.54) is 0 Å². The van der Waals surface area contributed by atoms with Gasteiger partial charge < -0.3 is 5.32 Å². The lowest BCUT2D eigenvalue weighted by molar-refractivity contribution is 0.332. The summed E-state index contributed by atoms with van der Waals surface area (Å²) in [4.78, 5) is 0. The predicted octanol–water partition coefficient (Wildman–Crippen LogP) is 2.26. The van der Waals surface area contributed by atoms with E-state index in [9.17, 15) is 8.42 Å². The molecule has 1 saturated carbocycles. The van der Waals surface area contributed by atoms with Crippen LogP contribution in [0, 0.1) is 5.92 Å². The summed E-state index contributed by atoms with van der Waals surface area (Å²) in [5.74, 6) is 1.02. The third-order valence-corrected chi connectivity index (χ3v) is 5.27. The van der Waals surface area contributed by atoms with E-state index < -0.39 is 10.0 Å². The van der Waals surface area contributed by atoms with Gasteiger partial charge in [0.05, 0.1) is 5.75 Å². The van der Waals surface area contributed by atoms with Gasteiger partial charge in [-0.1, -0.05) is 20.8 Å². The SMILES string of the molecule is CC1CCC(NS(=O)(=O)CCCCNC(C)C)CC1. The van der Waals surface area contributed by atoms with Gasteiger partial charge in [-0.2, -0.15) is 0 Å². The predicted molar refractivity (Wildman–Crippen MR) is 80.7 cm³/mol. The van der Waals surface area contributed by atoms with Crippen LogP contribution in [0.15, 0.2) is 0 Å². The Morgan fingerprint density at radius 2 is 1.74 bits per heavy atom. The molecule has 0 atom stereocenters. The molecule has 0 aromatic carbocycles. The first-order valence-corrected chi connectivity index (χ1v) is 9.27.